The molecular weight excluding hydrogens is 556 g/mol. The molecule has 0 saturated heterocycles. The fraction of sp³-hybridized carbons (Fsp3) is 0.310. The van der Waals surface area contributed by atoms with E-state index in [1.165, 1.54) is 0 Å². The minimum Gasteiger partial charge on any atom is -0.497 e. The van der Waals surface area contributed by atoms with E-state index in [0.717, 1.165) is 22.0 Å². The first-order chi connectivity index (χ1) is 17.8. The van der Waals surface area contributed by atoms with Crippen molar-refractivity contribution in [1.29, 1.82) is 0 Å². The van der Waals surface area contributed by atoms with Crippen LogP contribution in [0.4, 0.5) is 0 Å². The fourth-order valence-electron chi connectivity index (χ4n) is 3.78. The van der Waals surface area contributed by atoms with Gasteiger partial charge in [0.05, 0.1) is 12.1 Å². The zero-order valence-electron chi connectivity index (χ0n) is 21.2. The van der Waals surface area contributed by atoms with Crippen molar-refractivity contribution in [2.75, 3.05) is 13.7 Å². The van der Waals surface area contributed by atoms with Crippen molar-refractivity contribution in [3.05, 3.63) is 93.4 Å². The van der Waals surface area contributed by atoms with Gasteiger partial charge in [-0.2, -0.15) is 0 Å². The van der Waals surface area contributed by atoms with Crippen LogP contribution in [0.1, 0.15) is 31.4 Å². The van der Waals surface area contributed by atoms with Crippen molar-refractivity contribution in [3.8, 4) is 11.5 Å². The number of nitrogens with zero attached hydrogens (tertiary/aromatic N) is 1. The van der Waals surface area contributed by atoms with Gasteiger partial charge in [0.25, 0.3) is 5.91 Å². The molecule has 3 aromatic carbocycles. The van der Waals surface area contributed by atoms with Gasteiger partial charge in [-0.25, -0.2) is 0 Å². The summed E-state index contributed by atoms with van der Waals surface area (Å²) in [7, 11) is 1.59. The molecule has 3 rings (SSSR count). The lowest BCUT2D eigenvalue weighted by molar-refractivity contribution is -0.143. The van der Waals surface area contributed by atoms with E-state index in [9.17, 15) is 9.59 Å². The molecule has 1 N–H and O–H groups in total. The van der Waals surface area contributed by atoms with Gasteiger partial charge in [0.1, 0.15) is 17.5 Å². The van der Waals surface area contributed by atoms with Crippen LogP contribution >= 0.6 is 27.5 Å². The Morgan fingerprint density at radius 3 is 2.43 bits per heavy atom. The first-order valence-corrected chi connectivity index (χ1v) is 13.3. The number of amides is 2. The average Bonchev–Trinajstić information content (AvgIpc) is 2.90. The van der Waals surface area contributed by atoms with Crippen molar-refractivity contribution in [1.82, 2.24) is 10.2 Å². The van der Waals surface area contributed by atoms with Crippen molar-refractivity contribution >= 4 is 39.3 Å². The Hall–Kier alpha value is -3.03. The number of benzene rings is 3. The molecule has 0 unspecified atom stereocenters. The second kappa shape index (κ2) is 14.1. The maximum Gasteiger partial charge on any atom is 0.261 e. The summed E-state index contributed by atoms with van der Waals surface area (Å²) in [5.74, 6) is 0.521. The molecular formula is C29H32BrClN2O4. The van der Waals surface area contributed by atoms with Gasteiger partial charge in [0.2, 0.25) is 5.91 Å². The van der Waals surface area contributed by atoms with E-state index in [0.29, 0.717) is 22.9 Å². The fourth-order valence-corrected chi connectivity index (χ4v) is 4.51. The highest BCUT2D eigenvalue weighted by Gasteiger charge is 2.31. The van der Waals surface area contributed by atoms with Gasteiger partial charge >= 0.3 is 0 Å². The van der Waals surface area contributed by atoms with Crippen molar-refractivity contribution in [2.45, 2.75) is 45.3 Å². The molecule has 0 aliphatic rings. The maximum atomic E-state index is 13.7. The molecule has 0 aromatic heterocycles. The van der Waals surface area contributed by atoms with Gasteiger partial charge in [0.15, 0.2) is 6.61 Å². The summed E-state index contributed by atoms with van der Waals surface area (Å²) >= 11 is 9.66. The lowest BCUT2D eigenvalue weighted by Crippen LogP contribution is -2.53. The molecule has 0 bridgehead atoms. The third-order valence-corrected chi connectivity index (χ3v) is 6.79. The van der Waals surface area contributed by atoms with Gasteiger partial charge < -0.3 is 19.7 Å². The predicted molar refractivity (Wildman–Crippen MR) is 150 cm³/mol. The lowest BCUT2D eigenvalue weighted by atomic mass is 10.0. The molecule has 0 heterocycles. The summed E-state index contributed by atoms with van der Waals surface area (Å²) < 4.78 is 12.0. The normalized spacial score (nSPS) is 12.4. The monoisotopic (exact) mass is 586 g/mol. The lowest BCUT2D eigenvalue weighted by Gasteiger charge is -2.32. The molecule has 0 radical (unpaired) electrons. The van der Waals surface area contributed by atoms with Crippen LogP contribution in [-0.4, -0.2) is 42.5 Å². The second-order valence-electron chi connectivity index (χ2n) is 8.76. The Kier molecular flexibility index (Phi) is 10.8. The molecule has 0 saturated carbocycles. The Morgan fingerprint density at radius 1 is 1.03 bits per heavy atom. The van der Waals surface area contributed by atoms with E-state index >= 15 is 0 Å². The van der Waals surface area contributed by atoms with Crippen LogP contribution in [0.15, 0.2) is 77.3 Å². The standard InChI is InChI=1S/C29H32BrClN2O4/c1-4-20(2)32-29(35)26(16-21-9-6-5-7-10-21)33(18-22-11-8-12-24(15-22)36-3)28(34)19-37-27-14-13-23(30)17-25(27)31/h5-15,17,20,26H,4,16,18-19H2,1-3H3,(H,32,35)/t20-,26+/m0/s1. The molecule has 0 spiro atoms. The van der Waals surface area contributed by atoms with Crippen molar-refractivity contribution in [3.63, 3.8) is 0 Å². The Bertz CT molecular complexity index is 1190. The number of hydrogen-bond acceptors (Lipinski definition) is 4. The number of carbonyl (C=O) groups excluding carboxylic acids is 2. The topological polar surface area (TPSA) is 67.9 Å². The summed E-state index contributed by atoms with van der Waals surface area (Å²) in [5.41, 5.74) is 1.79. The van der Waals surface area contributed by atoms with Gasteiger partial charge in [-0.1, -0.05) is 76.9 Å². The third kappa shape index (κ3) is 8.51. The molecule has 3 aromatic rings. The van der Waals surface area contributed by atoms with E-state index in [1.54, 1.807) is 30.2 Å². The summed E-state index contributed by atoms with van der Waals surface area (Å²) in [6.07, 6.45) is 1.14. The quantitative estimate of drug-likeness (QED) is 0.280. The van der Waals surface area contributed by atoms with E-state index in [-0.39, 0.29) is 31.0 Å². The van der Waals surface area contributed by atoms with Crippen molar-refractivity contribution in [2.24, 2.45) is 0 Å². The van der Waals surface area contributed by atoms with Gasteiger partial charge in [-0.05, 0) is 54.8 Å². The minimum absolute atomic E-state index is 0.0302. The number of hydrogen-bond donors (Lipinski definition) is 1. The number of ether oxygens (including phenoxy) is 2. The SMILES string of the molecule is CC[C@H](C)NC(=O)[C@@H](Cc1ccccc1)N(Cc1cccc(OC)c1)C(=O)COc1ccc(Br)cc1Cl. The van der Waals surface area contributed by atoms with Crippen LogP contribution in [0.2, 0.25) is 5.02 Å². The van der Waals surface area contributed by atoms with Gasteiger partial charge in [-0.15, -0.1) is 0 Å². The van der Waals surface area contributed by atoms with Crippen molar-refractivity contribution < 1.29 is 19.1 Å². The molecule has 0 aliphatic heterocycles. The number of methoxy groups -OCH3 is 1. The summed E-state index contributed by atoms with van der Waals surface area (Å²) in [5, 5.41) is 3.44. The van der Waals surface area contributed by atoms with Gasteiger partial charge in [0, 0.05) is 23.5 Å². The number of carbonyl (C=O) groups is 2. The first-order valence-electron chi connectivity index (χ1n) is 12.1. The number of nitrogens with one attached hydrogen (secondary N) is 1. The smallest absolute Gasteiger partial charge is 0.261 e. The maximum absolute atomic E-state index is 13.7. The number of rotatable bonds is 12. The van der Waals surface area contributed by atoms with Crippen LogP contribution < -0.4 is 14.8 Å². The van der Waals surface area contributed by atoms with Crippen LogP contribution in [0.5, 0.6) is 11.5 Å². The molecule has 8 heteroatoms. The summed E-state index contributed by atoms with van der Waals surface area (Å²) in [6, 6.07) is 21.5. The third-order valence-electron chi connectivity index (χ3n) is 6.00. The zero-order chi connectivity index (χ0) is 26.8. The van der Waals surface area contributed by atoms with Crippen LogP contribution in [-0.2, 0) is 22.6 Å². The van der Waals surface area contributed by atoms with E-state index in [1.807, 2.05) is 68.4 Å². The highest BCUT2D eigenvalue weighted by Crippen LogP contribution is 2.28. The molecule has 6 nitrogen and oxygen atoms in total. The Morgan fingerprint density at radius 2 is 1.76 bits per heavy atom. The Balaban J connectivity index is 1.94. The number of halogens is 2. The highest BCUT2D eigenvalue weighted by atomic mass is 79.9. The van der Waals surface area contributed by atoms with Crippen LogP contribution in [0.3, 0.4) is 0 Å². The van der Waals surface area contributed by atoms with Gasteiger partial charge in [-0.3, -0.25) is 9.59 Å². The largest absolute Gasteiger partial charge is 0.497 e. The van der Waals surface area contributed by atoms with E-state index in [4.69, 9.17) is 21.1 Å². The Labute approximate surface area is 232 Å². The summed E-state index contributed by atoms with van der Waals surface area (Å²) in [4.78, 5) is 28.8. The molecule has 0 aliphatic carbocycles. The van der Waals surface area contributed by atoms with Crippen LogP contribution in [0.25, 0.3) is 0 Å². The molecule has 2 amide bonds. The highest BCUT2D eigenvalue weighted by molar-refractivity contribution is 9.10. The van der Waals surface area contributed by atoms with E-state index in [2.05, 4.69) is 21.2 Å². The average molecular weight is 588 g/mol. The first kappa shape index (κ1) is 28.5. The molecule has 37 heavy (non-hydrogen) atoms. The predicted octanol–water partition coefficient (Wildman–Crippen LogP) is 6.04. The molecule has 196 valence electrons. The molecule has 2 atom stereocenters. The minimum atomic E-state index is -0.751. The zero-order valence-corrected chi connectivity index (χ0v) is 23.6. The summed E-state index contributed by atoms with van der Waals surface area (Å²) in [6.45, 7) is 3.89. The second-order valence-corrected chi connectivity index (χ2v) is 10.1. The van der Waals surface area contributed by atoms with E-state index < -0.39 is 6.04 Å². The van der Waals surface area contributed by atoms with Crippen LogP contribution in [0, 0.1) is 0 Å². The molecule has 0 fully saturated rings.